The van der Waals surface area contributed by atoms with Crippen LogP contribution in [0, 0.1) is 5.82 Å². The van der Waals surface area contributed by atoms with E-state index < -0.39 is 5.97 Å². The largest absolute Gasteiger partial charge is 0.478 e. The van der Waals surface area contributed by atoms with Crippen molar-refractivity contribution in [3.8, 4) is 11.5 Å². The molecule has 1 atom stereocenters. The third kappa shape index (κ3) is 5.09. The van der Waals surface area contributed by atoms with Crippen LogP contribution in [0.5, 0.6) is 11.5 Å². The predicted molar refractivity (Wildman–Crippen MR) is 107 cm³/mol. The molecule has 0 saturated heterocycles. The number of carbonyl (C=O) groups is 1. The molecule has 0 radical (unpaired) electrons. The van der Waals surface area contributed by atoms with Gasteiger partial charge in [0.15, 0.2) is 0 Å². The van der Waals surface area contributed by atoms with Crippen LogP contribution in [-0.4, -0.2) is 11.1 Å². The van der Waals surface area contributed by atoms with Crippen LogP contribution in [0.2, 0.25) is 5.02 Å². The average Bonchev–Trinajstić information content (AvgIpc) is 2.69. The van der Waals surface area contributed by atoms with Gasteiger partial charge in [0.05, 0.1) is 5.56 Å². The highest BCUT2D eigenvalue weighted by Crippen LogP contribution is 2.28. The van der Waals surface area contributed by atoms with Crippen LogP contribution < -0.4 is 10.1 Å². The Morgan fingerprint density at radius 3 is 2.43 bits per heavy atom. The molecular formula is C22H19ClFNO3. The SMILES string of the molecule is C[C@H](NCc1cc(Cl)ccc1Oc1ccc(F)cc1)c1ccc(C(=O)O)cc1. The van der Waals surface area contributed by atoms with Crippen LogP contribution in [0.3, 0.4) is 0 Å². The molecule has 3 rings (SSSR count). The number of hydrogen-bond donors (Lipinski definition) is 2. The molecule has 4 nitrogen and oxygen atoms in total. The van der Waals surface area contributed by atoms with E-state index in [0.717, 1.165) is 11.1 Å². The molecule has 0 unspecified atom stereocenters. The van der Waals surface area contributed by atoms with Crippen molar-refractivity contribution in [2.75, 3.05) is 0 Å². The summed E-state index contributed by atoms with van der Waals surface area (Å²) in [6.45, 7) is 2.47. The summed E-state index contributed by atoms with van der Waals surface area (Å²) in [6.07, 6.45) is 0. The van der Waals surface area contributed by atoms with Crippen molar-refractivity contribution in [2.45, 2.75) is 19.5 Å². The summed E-state index contributed by atoms with van der Waals surface area (Å²) in [6, 6.07) is 17.8. The van der Waals surface area contributed by atoms with Gasteiger partial charge in [0.1, 0.15) is 17.3 Å². The van der Waals surface area contributed by atoms with Gasteiger partial charge in [-0.25, -0.2) is 9.18 Å². The minimum Gasteiger partial charge on any atom is -0.478 e. The normalized spacial score (nSPS) is 11.8. The topological polar surface area (TPSA) is 58.6 Å². The Balaban J connectivity index is 1.71. The maximum absolute atomic E-state index is 13.1. The van der Waals surface area contributed by atoms with Crippen LogP contribution in [0.1, 0.15) is 34.5 Å². The summed E-state index contributed by atoms with van der Waals surface area (Å²) in [7, 11) is 0. The van der Waals surface area contributed by atoms with Crippen LogP contribution in [0.25, 0.3) is 0 Å². The Hall–Kier alpha value is -2.89. The molecule has 0 aromatic heterocycles. The Morgan fingerprint density at radius 1 is 1.11 bits per heavy atom. The summed E-state index contributed by atoms with van der Waals surface area (Å²) in [4.78, 5) is 11.0. The van der Waals surface area contributed by atoms with E-state index in [0.29, 0.717) is 23.1 Å². The quantitative estimate of drug-likeness (QED) is 0.525. The van der Waals surface area contributed by atoms with Gasteiger partial charge in [-0.3, -0.25) is 0 Å². The van der Waals surface area contributed by atoms with Crippen LogP contribution in [0.4, 0.5) is 4.39 Å². The van der Waals surface area contributed by atoms with E-state index in [1.54, 1.807) is 48.5 Å². The first-order valence-corrected chi connectivity index (χ1v) is 9.08. The number of benzene rings is 3. The first-order valence-electron chi connectivity index (χ1n) is 8.71. The van der Waals surface area contributed by atoms with Gasteiger partial charge in [0.25, 0.3) is 0 Å². The zero-order valence-corrected chi connectivity index (χ0v) is 15.9. The average molecular weight is 400 g/mol. The molecule has 0 aliphatic carbocycles. The van der Waals surface area contributed by atoms with E-state index in [1.807, 2.05) is 13.0 Å². The molecule has 0 aliphatic rings. The van der Waals surface area contributed by atoms with E-state index in [4.69, 9.17) is 21.4 Å². The number of carboxylic acids is 1. The second kappa shape index (κ2) is 8.87. The van der Waals surface area contributed by atoms with Gasteiger partial charge in [-0.1, -0.05) is 23.7 Å². The van der Waals surface area contributed by atoms with Gasteiger partial charge in [-0.15, -0.1) is 0 Å². The van der Waals surface area contributed by atoms with Crippen molar-refractivity contribution in [1.82, 2.24) is 5.32 Å². The first-order chi connectivity index (χ1) is 13.4. The van der Waals surface area contributed by atoms with Crippen molar-refractivity contribution in [3.05, 3.63) is 94.3 Å². The number of nitrogens with one attached hydrogen (secondary N) is 1. The Morgan fingerprint density at radius 2 is 1.79 bits per heavy atom. The van der Waals surface area contributed by atoms with E-state index in [9.17, 15) is 9.18 Å². The van der Waals surface area contributed by atoms with Crippen molar-refractivity contribution in [2.24, 2.45) is 0 Å². The molecule has 3 aromatic rings. The minimum absolute atomic E-state index is 0.0134. The fraction of sp³-hybridized carbons (Fsp3) is 0.136. The summed E-state index contributed by atoms with van der Waals surface area (Å²) < 4.78 is 19.0. The number of aromatic carboxylic acids is 1. The summed E-state index contributed by atoms with van der Waals surface area (Å²) >= 11 is 6.13. The zero-order valence-electron chi connectivity index (χ0n) is 15.2. The van der Waals surface area contributed by atoms with Crippen LogP contribution >= 0.6 is 11.6 Å². The fourth-order valence-electron chi connectivity index (χ4n) is 2.71. The number of rotatable bonds is 7. The maximum Gasteiger partial charge on any atom is 0.335 e. The monoisotopic (exact) mass is 399 g/mol. The molecule has 0 bridgehead atoms. The molecule has 3 aromatic carbocycles. The second-order valence-electron chi connectivity index (χ2n) is 6.34. The zero-order chi connectivity index (χ0) is 20.1. The van der Waals surface area contributed by atoms with E-state index in [-0.39, 0.29) is 17.4 Å². The van der Waals surface area contributed by atoms with Gasteiger partial charge < -0.3 is 15.2 Å². The molecule has 144 valence electrons. The van der Waals surface area contributed by atoms with Gasteiger partial charge in [0, 0.05) is 23.2 Å². The Labute approximate surface area is 167 Å². The smallest absolute Gasteiger partial charge is 0.335 e. The van der Waals surface area contributed by atoms with E-state index in [1.165, 1.54) is 12.1 Å². The van der Waals surface area contributed by atoms with Crippen molar-refractivity contribution >= 4 is 17.6 Å². The summed E-state index contributed by atoms with van der Waals surface area (Å²) in [5.74, 6) is -0.124. The lowest BCUT2D eigenvalue weighted by atomic mass is 10.1. The number of ether oxygens (including phenoxy) is 1. The summed E-state index contributed by atoms with van der Waals surface area (Å²) in [5.41, 5.74) is 2.07. The fourth-order valence-corrected chi connectivity index (χ4v) is 2.91. The van der Waals surface area contributed by atoms with E-state index in [2.05, 4.69) is 5.32 Å². The summed E-state index contributed by atoms with van der Waals surface area (Å²) in [5, 5.41) is 13.0. The third-order valence-corrected chi connectivity index (χ3v) is 4.56. The van der Waals surface area contributed by atoms with Crippen LogP contribution in [0.15, 0.2) is 66.7 Å². The van der Waals surface area contributed by atoms with Crippen LogP contribution in [-0.2, 0) is 6.54 Å². The second-order valence-corrected chi connectivity index (χ2v) is 6.77. The molecule has 0 amide bonds. The molecule has 0 spiro atoms. The molecule has 0 fully saturated rings. The standard InChI is InChI=1S/C22H19ClFNO3/c1-14(15-2-4-16(5-3-15)22(26)27)25-13-17-12-18(23)6-11-21(17)28-20-9-7-19(24)8-10-20/h2-12,14,25H,13H2,1H3,(H,26,27)/t14-/m0/s1. The molecule has 0 heterocycles. The highest BCUT2D eigenvalue weighted by molar-refractivity contribution is 6.30. The van der Waals surface area contributed by atoms with Gasteiger partial charge in [0.2, 0.25) is 0 Å². The molecule has 28 heavy (non-hydrogen) atoms. The third-order valence-electron chi connectivity index (χ3n) is 4.32. The lowest BCUT2D eigenvalue weighted by molar-refractivity contribution is 0.0697. The van der Waals surface area contributed by atoms with Gasteiger partial charge >= 0.3 is 5.97 Å². The number of hydrogen-bond acceptors (Lipinski definition) is 3. The first kappa shape index (κ1) is 19.9. The molecule has 2 N–H and O–H groups in total. The molecule has 0 saturated carbocycles. The molecule has 0 aliphatic heterocycles. The highest BCUT2D eigenvalue weighted by atomic mass is 35.5. The molecular weight excluding hydrogens is 381 g/mol. The lowest BCUT2D eigenvalue weighted by Crippen LogP contribution is -2.18. The van der Waals surface area contributed by atoms with Gasteiger partial charge in [-0.2, -0.15) is 0 Å². The number of halogens is 2. The maximum atomic E-state index is 13.1. The lowest BCUT2D eigenvalue weighted by Gasteiger charge is -2.17. The van der Waals surface area contributed by atoms with E-state index >= 15 is 0 Å². The predicted octanol–water partition coefficient (Wildman–Crippen LogP) is 5.82. The minimum atomic E-state index is -0.950. The highest BCUT2D eigenvalue weighted by Gasteiger charge is 2.11. The van der Waals surface area contributed by atoms with Crippen molar-refractivity contribution < 1.29 is 19.0 Å². The Bertz CT molecular complexity index is 959. The van der Waals surface area contributed by atoms with Gasteiger partial charge in [-0.05, 0) is 67.1 Å². The Kier molecular flexibility index (Phi) is 6.29. The van der Waals surface area contributed by atoms with Crippen molar-refractivity contribution in [3.63, 3.8) is 0 Å². The molecule has 6 heteroatoms. The number of carboxylic acid groups (broad SMARTS) is 1. The van der Waals surface area contributed by atoms with Crippen molar-refractivity contribution in [1.29, 1.82) is 0 Å².